The molecule has 0 bridgehead atoms. The molecule has 2 rings (SSSR count). The van der Waals surface area contributed by atoms with Crippen LogP contribution in [0.5, 0.6) is 5.75 Å². The first-order chi connectivity index (χ1) is 8.55. The number of benzene rings is 1. The van der Waals surface area contributed by atoms with Gasteiger partial charge < -0.3 is 10.5 Å². The molecule has 2 heteroatoms. The zero-order chi connectivity index (χ0) is 13.3. The summed E-state index contributed by atoms with van der Waals surface area (Å²) in [5, 5.41) is 0. The van der Waals surface area contributed by atoms with Crippen molar-refractivity contribution >= 4 is 0 Å². The first kappa shape index (κ1) is 13.4. The fourth-order valence-corrected chi connectivity index (χ4v) is 3.56. The Morgan fingerprint density at radius 2 is 1.78 bits per heavy atom. The van der Waals surface area contributed by atoms with Gasteiger partial charge in [0.1, 0.15) is 5.75 Å². The molecule has 18 heavy (non-hydrogen) atoms. The first-order valence-corrected chi connectivity index (χ1v) is 6.91. The Morgan fingerprint density at radius 1 is 1.17 bits per heavy atom. The maximum absolute atomic E-state index is 6.11. The molecule has 0 unspecified atom stereocenters. The Hall–Kier alpha value is -1.02. The standard InChI is InChI=1S/C16H25NO/c1-11-9-14(12(2)13(3)15(11)18-4)16(10-17)7-5-6-8-16/h9H,5-8,10,17H2,1-4H3. The molecule has 2 nitrogen and oxygen atoms in total. The predicted molar refractivity (Wildman–Crippen MR) is 76.4 cm³/mol. The second-order valence-electron chi connectivity index (χ2n) is 5.72. The van der Waals surface area contributed by atoms with Crippen LogP contribution in [0.4, 0.5) is 0 Å². The molecular weight excluding hydrogens is 222 g/mol. The van der Waals surface area contributed by atoms with Gasteiger partial charge in [-0.05, 0) is 55.9 Å². The molecule has 0 saturated heterocycles. The van der Waals surface area contributed by atoms with Gasteiger partial charge in [0.05, 0.1) is 7.11 Å². The SMILES string of the molecule is COc1c(C)cc(C2(CN)CCCC2)c(C)c1C. The lowest BCUT2D eigenvalue weighted by Gasteiger charge is -2.31. The molecule has 100 valence electrons. The van der Waals surface area contributed by atoms with Crippen LogP contribution in [0.3, 0.4) is 0 Å². The summed E-state index contributed by atoms with van der Waals surface area (Å²) in [5.41, 5.74) is 11.6. The number of hydrogen-bond acceptors (Lipinski definition) is 2. The van der Waals surface area contributed by atoms with Crippen LogP contribution in [0, 0.1) is 20.8 Å². The lowest BCUT2D eigenvalue weighted by Crippen LogP contribution is -2.33. The summed E-state index contributed by atoms with van der Waals surface area (Å²) in [4.78, 5) is 0. The van der Waals surface area contributed by atoms with Crippen molar-refractivity contribution in [3.63, 3.8) is 0 Å². The highest BCUT2D eigenvalue weighted by Crippen LogP contribution is 2.44. The number of rotatable bonds is 3. The van der Waals surface area contributed by atoms with E-state index in [2.05, 4.69) is 26.8 Å². The molecule has 1 aliphatic rings. The minimum Gasteiger partial charge on any atom is -0.496 e. The van der Waals surface area contributed by atoms with E-state index in [4.69, 9.17) is 10.5 Å². The third-order valence-electron chi connectivity index (χ3n) is 4.75. The van der Waals surface area contributed by atoms with Crippen molar-refractivity contribution in [3.05, 3.63) is 28.3 Å². The summed E-state index contributed by atoms with van der Waals surface area (Å²) in [6.07, 6.45) is 5.08. The maximum Gasteiger partial charge on any atom is 0.124 e. The molecule has 0 radical (unpaired) electrons. The highest BCUT2D eigenvalue weighted by atomic mass is 16.5. The van der Waals surface area contributed by atoms with E-state index in [-0.39, 0.29) is 5.41 Å². The maximum atomic E-state index is 6.11. The van der Waals surface area contributed by atoms with Crippen LogP contribution in [-0.2, 0) is 5.41 Å². The van der Waals surface area contributed by atoms with Gasteiger partial charge in [0.2, 0.25) is 0 Å². The Bertz CT molecular complexity index is 445. The summed E-state index contributed by atoms with van der Waals surface area (Å²) >= 11 is 0. The van der Waals surface area contributed by atoms with E-state index in [1.165, 1.54) is 47.9 Å². The van der Waals surface area contributed by atoms with Gasteiger partial charge in [-0.2, -0.15) is 0 Å². The summed E-state index contributed by atoms with van der Waals surface area (Å²) in [6, 6.07) is 2.30. The van der Waals surface area contributed by atoms with E-state index in [1.54, 1.807) is 7.11 Å². The molecular formula is C16H25NO. The minimum atomic E-state index is 0.214. The largest absolute Gasteiger partial charge is 0.496 e. The number of aryl methyl sites for hydroxylation is 1. The van der Waals surface area contributed by atoms with Crippen LogP contribution in [-0.4, -0.2) is 13.7 Å². The van der Waals surface area contributed by atoms with Gasteiger partial charge in [0, 0.05) is 12.0 Å². The van der Waals surface area contributed by atoms with E-state index in [0.29, 0.717) is 0 Å². The fourth-order valence-electron chi connectivity index (χ4n) is 3.56. The summed E-state index contributed by atoms with van der Waals surface area (Å²) < 4.78 is 5.51. The Balaban J connectivity index is 2.58. The predicted octanol–water partition coefficient (Wildman–Crippen LogP) is 3.39. The van der Waals surface area contributed by atoms with E-state index >= 15 is 0 Å². The van der Waals surface area contributed by atoms with E-state index in [0.717, 1.165) is 12.3 Å². The van der Waals surface area contributed by atoms with Crippen LogP contribution >= 0.6 is 0 Å². The molecule has 0 aliphatic heterocycles. The molecule has 0 aromatic heterocycles. The normalized spacial score (nSPS) is 18.1. The smallest absolute Gasteiger partial charge is 0.124 e. The van der Waals surface area contributed by atoms with Crippen molar-refractivity contribution in [2.75, 3.05) is 13.7 Å². The molecule has 0 amide bonds. The average molecular weight is 247 g/mol. The summed E-state index contributed by atoms with van der Waals surface area (Å²) in [6.45, 7) is 7.26. The van der Waals surface area contributed by atoms with Crippen molar-refractivity contribution in [2.24, 2.45) is 5.73 Å². The number of ether oxygens (including phenoxy) is 1. The van der Waals surface area contributed by atoms with Gasteiger partial charge in [-0.15, -0.1) is 0 Å². The first-order valence-electron chi connectivity index (χ1n) is 6.91. The summed E-state index contributed by atoms with van der Waals surface area (Å²) in [7, 11) is 1.75. The Morgan fingerprint density at radius 3 is 2.28 bits per heavy atom. The van der Waals surface area contributed by atoms with E-state index in [1.807, 2.05) is 0 Å². The Labute approximate surface area is 111 Å². The lowest BCUT2D eigenvalue weighted by molar-refractivity contribution is 0.405. The number of nitrogens with two attached hydrogens (primary N) is 1. The lowest BCUT2D eigenvalue weighted by atomic mass is 9.75. The van der Waals surface area contributed by atoms with Gasteiger partial charge in [0.25, 0.3) is 0 Å². The molecule has 1 aromatic carbocycles. The molecule has 2 N–H and O–H groups in total. The zero-order valence-corrected chi connectivity index (χ0v) is 12.1. The third-order valence-corrected chi connectivity index (χ3v) is 4.75. The van der Waals surface area contributed by atoms with Crippen LogP contribution in [0.1, 0.15) is 47.9 Å². The van der Waals surface area contributed by atoms with Crippen LogP contribution in [0.2, 0.25) is 0 Å². The number of methoxy groups -OCH3 is 1. The van der Waals surface area contributed by atoms with Gasteiger partial charge >= 0.3 is 0 Å². The second kappa shape index (κ2) is 4.93. The number of hydrogen-bond donors (Lipinski definition) is 1. The minimum absolute atomic E-state index is 0.214. The highest BCUT2D eigenvalue weighted by Gasteiger charge is 2.36. The van der Waals surface area contributed by atoms with Crippen LogP contribution < -0.4 is 10.5 Å². The van der Waals surface area contributed by atoms with Crippen LogP contribution in [0.25, 0.3) is 0 Å². The third kappa shape index (κ3) is 1.93. The Kier molecular flexibility index (Phi) is 3.67. The van der Waals surface area contributed by atoms with Gasteiger partial charge in [-0.3, -0.25) is 0 Å². The monoisotopic (exact) mass is 247 g/mol. The molecule has 0 atom stereocenters. The molecule has 1 aliphatic carbocycles. The molecule has 1 aromatic rings. The van der Waals surface area contributed by atoms with Crippen molar-refractivity contribution in [2.45, 2.75) is 51.9 Å². The summed E-state index contributed by atoms with van der Waals surface area (Å²) in [5.74, 6) is 1.03. The fraction of sp³-hybridized carbons (Fsp3) is 0.625. The van der Waals surface area contributed by atoms with E-state index < -0.39 is 0 Å². The van der Waals surface area contributed by atoms with Gasteiger partial charge in [0.15, 0.2) is 0 Å². The molecule has 1 saturated carbocycles. The zero-order valence-electron chi connectivity index (χ0n) is 12.1. The van der Waals surface area contributed by atoms with Crippen molar-refractivity contribution in [1.82, 2.24) is 0 Å². The molecule has 0 spiro atoms. The van der Waals surface area contributed by atoms with Crippen molar-refractivity contribution < 1.29 is 4.74 Å². The van der Waals surface area contributed by atoms with E-state index in [9.17, 15) is 0 Å². The second-order valence-corrected chi connectivity index (χ2v) is 5.72. The van der Waals surface area contributed by atoms with Crippen LogP contribution in [0.15, 0.2) is 6.07 Å². The molecule has 1 fully saturated rings. The topological polar surface area (TPSA) is 35.2 Å². The quantitative estimate of drug-likeness (QED) is 0.888. The van der Waals surface area contributed by atoms with Crippen molar-refractivity contribution in [3.8, 4) is 5.75 Å². The molecule has 0 heterocycles. The van der Waals surface area contributed by atoms with Gasteiger partial charge in [-0.25, -0.2) is 0 Å². The van der Waals surface area contributed by atoms with Crippen molar-refractivity contribution in [1.29, 1.82) is 0 Å². The van der Waals surface area contributed by atoms with Gasteiger partial charge in [-0.1, -0.05) is 18.9 Å². The highest BCUT2D eigenvalue weighted by molar-refractivity contribution is 5.51. The average Bonchev–Trinajstić information content (AvgIpc) is 2.84.